The first-order valence-corrected chi connectivity index (χ1v) is 5.27. The highest BCUT2D eigenvalue weighted by atomic mass is 79.9. The fourth-order valence-electron chi connectivity index (χ4n) is 1.88. The van der Waals surface area contributed by atoms with Gasteiger partial charge in [0.2, 0.25) is 0 Å². The average molecular weight is 229 g/mol. The lowest BCUT2D eigenvalue weighted by Gasteiger charge is -2.11. The van der Waals surface area contributed by atoms with Crippen molar-refractivity contribution < 1.29 is 0 Å². The summed E-state index contributed by atoms with van der Waals surface area (Å²) in [5, 5.41) is 0. The van der Waals surface area contributed by atoms with Gasteiger partial charge < -0.3 is 4.57 Å². The van der Waals surface area contributed by atoms with E-state index < -0.39 is 0 Å². The molecule has 0 N–H and O–H groups in total. The van der Waals surface area contributed by atoms with E-state index in [1.54, 1.807) is 0 Å². The average Bonchev–Trinajstić information content (AvgIpc) is 2.64. The molecule has 66 valence electrons. The Hall–Kier alpha value is -0.310. The zero-order chi connectivity index (χ0) is 8.55. The van der Waals surface area contributed by atoms with E-state index >= 15 is 0 Å². The van der Waals surface area contributed by atoms with Crippen molar-refractivity contribution in [1.82, 2.24) is 9.55 Å². The standard InChI is InChI=1S/C9H13BrN2/c1-7-9(10)12(6-11-7)8-4-2-3-5-8/h6,8H,2-5H2,1H3. The van der Waals surface area contributed by atoms with Crippen LogP contribution in [-0.2, 0) is 0 Å². The molecule has 3 heteroatoms. The number of halogens is 1. The van der Waals surface area contributed by atoms with Gasteiger partial charge in [0.05, 0.1) is 12.0 Å². The van der Waals surface area contributed by atoms with Gasteiger partial charge in [0.1, 0.15) is 4.60 Å². The normalized spacial score (nSPS) is 18.8. The largest absolute Gasteiger partial charge is 0.322 e. The molecule has 0 radical (unpaired) electrons. The van der Waals surface area contributed by atoms with Crippen LogP contribution in [0, 0.1) is 6.92 Å². The Kier molecular flexibility index (Phi) is 2.22. The van der Waals surface area contributed by atoms with Crippen molar-refractivity contribution >= 4 is 15.9 Å². The van der Waals surface area contributed by atoms with E-state index in [-0.39, 0.29) is 0 Å². The van der Waals surface area contributed by atoms with Crippen molar-refractivity contribution in [2.75, 3.05) is 0 Å². The van der Waals surface area contributed by atoms with Crippen LogP contribution >= 0.6 is 15.9 Å². The highest BCUT2D eigenvalue weighted by Crippen LogP contribution is 2.32. The molecule has 1 heterocycles. The fourth-order valence-corrected chi connectivity index (χ4v) is 2.36. The van der Waals surface area contributed by atoms with Crippen LogP contribution < -0.4 is 0 Å². The molecule has 0 atom stereocenters. The van der Waals surface area contributed by atoms with Gasteiger partial charge in [-0.2, -0.15) is 0 Å². The van der Waals surface area contributed by atoms with Gasteiger partial charge in [0, 0.05) is 6.04 Å². The molecule has 1 saturated carbocycles. The van der Waals surface area contributed by atoms with Crippen LogP contribution in [0.15, 0.2) is 10.9 Å². The third kappa shape index (κ3) is 1.30. The van der Waals surface area contributed by atoms with Gasteiger partial charge in [-0.05, 0) is 35.7 Å². The summed E-state index contributed by atoms with van der Waals surface area (Å²) in [4.78, 5) is 4.28. The Morgan fingerprint density at radius 3 is 2.67 bits per heavy atom. The van der Waals surface area contributed by atoms with E-state index in [0.717, 1.165) is 10.3 Å². The molecule has 0 unspecified atom stereocenters. The molecular weight excluding hydrogens is 216 g/mol. The van der Waals surface area contributed by atoms with Gasteiger partial charge in [-0.3, -0.25) is 0 Å². The van der Waals surface area contributed by atoms with Crippen LogP contribution in [0.4, 0.5) is 0 Å². The van der Waals surface area contributed by atoms with Crippen LogP contribution in [0.5, 0.6) is 0 Å². The maximum Gasteiger partial charge on any atom is 0.108 e. The zero-order valence-electron chi connectivity index (χ0n) is 7.26. The SMILES string of the molecule is Cc1ncn(C2CCCC2)c1Br. The van der Waals surface area contributed by atoms with Crippen molar-refractivity contribution in [1.29, 1.82) is 0 Å². The van der Waals surface area contributed by atoms with Gasteiger partial charge in [0.25, 0.3) is 0 Å². The molecule has 1 aromatic rings. The molecular formula is C9H13BrN2. The summed E-state index contributed by atoms with van der Waals surface area (Å²) in [7, 11) is 0. The van der Waals surface area contributed by atoms with E-state index in [2.05, 4.69) is 25.5 Å². The summed E-state index contributed by atoms with van der Waals surface area (Å²) in [5.41, 5.74) is 1.10. The van der Waals surface area contributed by atoms with E-state index in [1.807, 2.05) is 13.3 Å². The highest BCUT2D eigenvalue weighted by molar-refractivity contribution is 9.10. The quantitative estimate of drug-likeness (QED) is 0.723. The summed E-state index contributed by atoms with van der Waals surface area (Å²) in [6.45, 7) is 2.04. The molecule has 1 aliphatic carbocycles. The minimum Gasteiger partial charge on any atom is -0.322 e. The first-order valence-electron chi connectivity index (χ1n) is 4.48. The van der Waals surface area contributed by atoms with Crippen molar-refractivity contribution in [3.63, 3.8) is 0 Å². The molecule has 0 aliphatic heterocycles. The Labute approximate surface area is 81.1 Å². The molecule has 2 rings (SSSR count). The Morgan fingerprint density at radius 2 is 2.17 bits per heavy atom. The third-order valence-electron chi connectivity index (χ3n) is 2.62. The van der Waals surface area contributed by atoms with Crippen LogP contribution in [0.3, 0.4) is 0 Å². The molecule has 1 aliphatic rings. The summed E-state index contributed by atoms with van der Waals surface area (Å²) in [6, 6.07) is 0.695. The number of hydrogen-bond acceptors (Lipinski definition) is 1. The molecule has 0 bridgehead atoms. The number of nitrogens with zero attached hydrogens (tertiary/aromatic N) is 2. The van der Waals surface area contributed by atoms with E-state index in [4.69, 9.17) is 0 Å². The summed E-state index contributed by atoms with van der Waals surface area (Å²) >= 11 is 3.56. The Bertz CT molecular complexity index is 274. The number of rotatable bonds is 1. The van der Waals surface area contributed by atoms with Gasteiger partial charge in [0.15, 0.2) is 0 Å². The fraction of sp³-hybridized carbons (Fsp3) is 0.667. The van der Waals surface area contributed by atoms with Gasteiger partial charge in [-0.25, -0.2) is 4.98 Å². The number of aromatic nitrogens is 2. The molecule has 0 spiro atoms. The molecule has 0 aromatic carbocycles. The highest BCUT2D eigenvalue weighted by Gasteiger charge is 2.18. The van der Waals surface area contributed by atoms with Gasteiger partial charge in [-0.1, -0.05) is 12.8 Å². The minimum atomic E-state index is 0.695. The summed E-state index contributed by atoms with van der Waals surface area (Å²) < 4.78 is 3.43. The number of imidazole rings is 1. The predicted octanol–water partition coefficient (Wildman–Crippen LogP) is 3.07. The second-order valence-corrected chi connectivity index (χ2v) is 4.22. The third-order valence-corrected chi connectivity index (χ3v) is 3.60. The first-order chi connectivity index (χ1) is 5.79. The summed E-state index contributed by atoms with van der Waals surface area (Å²) in [6.07, 6.45) is 7.32. The molecule has 2 nitrogen and oxygen atoms in total. The van der Waals surface area contributed by atoms with E-state index in [9.17, 15) is 0 Å². The lowest BCUT2D eigenvalue weighted by molar-refractivity contribution is 0.510. The number of hydrogen-bond donors (Lipinski definition) is 0. The molecule has 0 saturated heterocycles. The van der Waals surface area contributed by atoms with Crippen LogP contribution in [-0.4, -0.2) is 9.55 Å². The lowest BCUT2D eigenvalue weighted by Crippen LogP contribution is -2.02. The minimum absolute atomic E-state index is 0.695. The Balaban J connectivity index is 2.26. The lowest BCUT2D eigenvalue weighted by atomic mass is 10.2. The first kappa shape index (κ1) is 8.30. The second kappa shape index (κ2) is 3.21. The maximum absolute atomic E-state index is 4.28. The van der Waals surface area contributed by atoms with Crippen molar-refractivity contribution in [2.24, 2.45) is 0 Å². The van der Waals surface area contributed by atoms with Crippen LogP contribution in [0.1, 0.15) is 37.4 Å². The van der Waals surface area contributed by atoms with Crippen LogP contribution in [0.25, 0.3) is 0 Å². The van der Waals surface area contributed by atoms with Gasteiger partial charge in [-0.15, -0.1) is 0 Å². The molecule has 1 aromatic heterocycles. The van der Waals surface area contributed by atoms with Crippen LogP contribution in [0.2, 0.25) is 0 Å². The second-order valence-electron chi connectivity index (χ2n) is 3.47. The zero-order valence-corrected chi connectivity index (χ0v) is 8.84. The summed E-state index contributed by atoms with van der Waals surface area (Å²) in [5.74, 6) is 0. The molecule has 1 fully saturated rings. The maximum atomic E-state index is 4.28. The van der Waals surface area contributed by atoms with Crippen molar-refractivity contribution in [2.45, 2.75) is 38.6 Å². The molecule has 0 amide bonds. The monoisotopic (exact) mass is 228 g/mol. The van der Waals surface area contributed by atoms with E-state index in [0.29, 0.717) is 6.04 Å². The Morgan fingerprint density at radius 1 is 1.50 bits per heavy atom. The van der Waals surface area contributed by atoms with Crippen molar-refractivity contribution in [3.8, 4) is 0 Å². The van der Waals surface area contributed by atoms with E-state index in [1.165, 1.54) is 25.7 Å². The topological polar surface area (TPSA) is 17.8 Å². The number of aryl methyl sites for hydroxylation is 1. The van der Waals surface area contributed by atoms with Gasteiger partial charge >= 0.3 is 0 Å². The predicted molar refractivity (Wildman–Crippen MR) is 52.2 cm³/mol. The smallest absolute Gasteiger partial charge is 0.108 e. The van der Waals surface area contributed by atoms with Crippen molar-refractivity contribution in [3.05, 3.63) is 16.6 Å². The molecule has 12 heavy (non-hydrogen) atoms.